The molecule has 2 heteroatoms. The van der Waals surface area contributed by atoms with E-state index in [1.807, 2.05) is 0 Å². The molecule has 0 unspecified atom stereocenters. The maximum atomic E-state index is 6.70. The van der Waals surface area contributed by atoms with E-state index >= 15 is 0 Å². The van der Waals surface area contributed by atoms with Crippen molar-refractivity contribution in [2.45, 2.75) is 59.3 Å². The minimum Gasteiger partial charge on any atom is -0.455 e. The Hall–Kier alpha value is -3.52. The third-order valence-corrected chi connectivity index (χ3v) is 6.93. The van der Waals surface area contributed by atoms with E-state index < -0.39 is 0 Å². The van der Waals surface area contributed by atoms with Crippen LogP contribution in [0.25, 0.3) is 21.9 Å². The molecule has 0 atom stereocenters. The van der Waals surface area contributed by atoms with Gasteiger partial charge in [-0.2, -0.15) is 0 Å². The molecule has 0 aliphatic carbocycles. The van der Waals surface area contributed by atoms with Crippen LogP contribution in [-0.2, 0) is 0 Å². The molecule has 0 amide bonds. The van der Waals surface area contributed by atoms with E-state index in [1.54, 1.807) is 0 Å². The molecule has 1 heterocycles. The normalized spacial score (nSPS) is 11.9. The first-order valence-electron chi connectivity index (χ1n) is 12.8. The van der Waals surface area contributed by atoms with Gasteiger partial charge in [-0.1, -0.05) is 84.0 Å². The lowest BCUT2D eigenvalue weighted by Crippen LogP contribution is -2.10. The molecular weight excluding hydrogens is 426 g/mol. The molecule has 0 saturated heterocycles. The standard InChI is InChI=1S/C33H35NO/c1-21(2)24-17-28(22(3)4)32-30(18-24)31-20-27(19-29(23(5)6)33(31)35-32)34(25-13-9-7-10-14-25)26-15-11-8-12-16-26/h7-23H,1-6H3. The Morgan fingerprint density at radius 1 is 0.514 bits per heavy atom. The van der Waals surface area contributed by atoms with E-state index in [0.717, 1.165) is 28.2 Å². The maximum Gasteiger partial charge on any atom is 0.139 e. The van der Waals surface area contributed by atoms with Gasteiger partial charge in [0.2, 0.25) is 0 Å². The lowest BCUT2D eigenvalue weighted by atomic mass is 9.92. The van der Waals surface area contributed by atoms with Crippen molar-refractivity contribution in [2.75, 3.05) is 4.90 Å². The van der Waals surface area contributed by atoms with Crippen LogP contribution in [0.2, 0.25) is 0 Å². The van der Waals surface area contributed by atoms with Crippen LogP contribution >= 0.6 is 0 Å². The first kappa shape index (κ1) is 23.2. The van der Waals surface area contributed by atoms with E-state index in [0.29, 0.717) is 17.8 Å². The summed E-state index contributed by atoms with van der Waals surface area (Å²) in [5.41, 5.74) is 9.39. The Kier molecular flexibility index (Phi) is 6.15. The van der Waals surface area contributed by atoms with E-state index in [1.165, 1.54) is 27.5 Å². The van der Waals surface area contributed by atoms with Crippen LogP contribution in [0.3, 0.4) is 0 Å². The van der Waals surface area contributed by atoms with Crippen molar-refractivity contribution in [2.24, 2.45) is 0 Å². The van der Waals surface area contributed by atoms with Gasteiger partial charge in [0.15, 0.2) is 0 Å². The van der Waals surface area contributed by atoms with Gasteiger partial charge in [-0.3, -0.25) is 0 Å². The second kappa shape index (κ2) is 9.26. The average Bonchev–Trinajstić information content (AvgIpc) is 3.22. The van der Waals surface area contributed by atoms with Crippen LogP contribution in [0, 0.1) is 0 Å². The van der Waals surface area contributed by atoms with Crippen LogP contribution in [0.4, 0.5) is 17.1 Å². The van der Waals surface area contributed by atoms with Gasteiger partial charge < -0.3 is 9.32 Å². The molecule has 5 aromatic rings. The van der Waals surface area contributed by atoms with Gasteiger partial charge in [0.05, 0.1) is 0 Å². The zero-order chi connectivity index (χ0) is 24.7. The van der Waals surface area contributed by atoms with Crippen molar-refractivity contribution < 1.29 is 4.42 Å². The molecule has 0 radical (unpaired) electrons. The van der Waals surface area contributed by atoms with Crippen LogP contribution in [-0.4, -0.2) is 0 Å². The summed E-state index contributed by atoms with van der Waals surface area (Å²) in [6.07, 6.45) is 0. The van der Waals surface area contributed by atoms with Gasteiger partial charge in [-0.05, 0) is 71.3 Å². The molecule has 0 aliphatic rings. The Bertz CT molecular complexity index is 1420. The van der Waals surface area contributed by atoms with Gasteiger partial charge >= 0.3 is 0 Å². The predicted molar refractivity (Wildman–Crippen MR) is 151 cm³/mol. The number of anilines is 3. The molecular formula is C33H35NO. The average molecular weight is 462 g/mol. The van der Waals surface area contributed by atoms with Gasteiger partial charge in [0, 0.05) is 33.4 Å². The molecule has 2 nitrogen and oxygen atoms in total. The highest BCUT2D eigenvalue weighted by Crippen LogP contribution is 2.44. The topological polar surface area (TPSA) is 16.4 Å². The van der Waals surface area contributed by atoms with Crippen molar-refractivity contribution in [3.8, 4) is 0 Å². The largest absolute Gasteiger partial charge is 0.455 e. The zero-order valence-electron chi connectivity index (χ0n) is 21.7. The highest BCUT2D eigenvalue weighted by atomic mass is 16.3. The zero-order valence-corrected chi connectivity index (χ0v) is 21.7. The summed E-state index contributed by atoms with van der Waals surface area (Å²) in [6, 6.07) is 30.6. The first-order valence-corrected chi connectivity index (χ1v) is 12.8. The number of para-hydroxylation sites is 2. The number of hydrogen-bond acceptors (Lipinski definition) is 2. The third kappa shape index (κ3) is 4.23. The highest BCUT2D eigenvalue weighted by molar-refractivity contribution is 6.09. The van der Waals surface area contributed by atoms with Crippen molar-refractivity contribution in [3.05, 3.63) is 102 Å². The monoisotopic (exact) mass is 461 g/mol. The second-order valence-electron chi connectivity index (χ2n) is 10.5. The smallest absolute Gasteiger partial charge is 0.139 e. The number of furan rings is 1. The number of hydrogen-bond donors (Lipinski definition) is 0. The second-order valence-corrected chi connectivity index (χ2v) is 10.5. The fourth-order valence-corrected chi connectivity index (χ4v) is 4.96. The third-order valence-electron chi connectivity index (χ3n) is 6.93. The highest BCUT2D eigenvalue weighted by Gasteiger charge is 2.22. The molecule has 0 aliphatic heterocycles. The summed E-state index contributed by atoms with van der Waals surface area (Å²) < 4.78 is 6.70. The van der Waals surface area contributed by atoms with E-state index in [2.05, 4.69) is 131 Å². The van der Waals surface area contributed by atoms with Crippen molar-refractivity contribution in [1.82, 2.24) is 0 Å². The molecule has 0 spiro atoms. The summed E-state index contributed by atoms with van der Waals surface area (Å²) in [4.78, 5) is 2.35. The molecule has 4 aromatic carbocycles. The van der Waals surface area contributed by atoms with Crippen molar-refractivity contribution >= 4 is 39.0 Å². The van der Waals surface area contributed by atoms with E-state index in [9.17, 15) is 0 Å². The van der Waals surface area contributed by atoms with Gasteiger partial charge in [-0.15, -0.1) is 0 Å². The van der Waals surface area contributed by atoms with Gasteiger partial charge in [0.25, 0.3) is 0 Å². The molecule has 178 valence electrons. The van der Waals surface area contributed by atoms with Gasteiger partial charge in [-0.25, -0.2) is 0 Å². The number of rotatable bonds is 6. The van der Waals surface area contributed by atoms with Crippen molar-refractivity contribution in [1.29, 1.82) is 0 Å². The Balaban J connectivity index is 1.86. The van der Waals surface area contributed by atoms with Crippen LogP contribution in [0.5, 0.6) is 0 Å². The Morgan fingerprint density at radius 2 is 1.00 bits per heavy atom. The van der Waals surface area contributed by atoms with Crippen LogP contribution < -0.4 is 4.90 Å². The van der Waals surface area contributed by atoms with Crippen molar-refractivity contribution in [3.63, 3.8) is 0 Å². The molecule has 1 aromatic heterocycles. The summed E-state index contributed by atoms with van der Waals surface area (Å²) in [5.74, 6) is 1.18. The van der Waals surface area contributed by atoms with E-state index in [-0.39, 0.29) is 0 Å². The summed E-state index contributed by atoms with van der Waals surface area (Å²) in [5, 5.41) is 2.42. The summed E-state index contributed by atoms with van der Waals surface area (Å²) in [6.45, 7) is 13.6. The minimum atomic E-state index is 0.332. The lowest BCUT2D eigenvalue weighted by molar-refractivity contribution is 0.646. The Labute approximate surface area is 209 Å². The molecule has 0 N–H and O–H groups in total. The summed E-state index contributed by atoms with van der Waals surface area (Å²) >= 11 is 0. The lowest BCUT2D eigenvalue weighted by Gasteiger charge is -2.26. The molecule has 35 heavy (non-hydrogen) atoms. The molecule has 0 bridgehead atoms. The maximum absolute atomic E-state index is 6.70. The van der Waals surface area contributed by atoms with E-state index in [4.69, 9.17) is 4.42 Å². The quantitative estimate of drug-likeness (QED) is 0.250. The van der Waals surface area contributed by atoms with Crippen LogP contribution in [0.15, 0.2) is 89.3 Å². The first-order chi connectivity index (χ1) is 16.8. The number of benzene rings is 4. The fraction of sp³-hybridized carbons (Fsp3) is 0.273. The van der Waals surface area contributed by atoms with Crippen LogP contribution in [0.1, 0.15) is 76.0 Å². The SMILES string of the molecule is CC(C)c1cc(C(C)C)c2oc3c(C(C)C)cc(N(c4ccccc4)c4ccccc4)cc3c2c1. The van der Waals surface area contributed by atoms with Gasteiger partial charge in [0.1, 0.15) is 11.2 Å². The predicted octanol–water partition coefficient (Wildman–Crippen LogP) is 10.4. The molecule has 5 rings (SSSR count). The molecule has 0 saturated carbocycles. The fourth-order valence-electron chi connectivity index (χ4n) is 4.96. The Morgan fingerprint density at radius 3 is 1.49 bits per heavy atom. The molecule has 0 fully saturated rings. The number of fused-ring (bicyclic) bond motifs is 3. The minimum absolute atomic E-state index is 0.332. The number of nitrogens with zero attached hydrogens (tertiary/aromatic N) is 1. The summed E-state index contributed by atoms with van der Waals surface area (Å²) in [7, 11) is 0.